The molecule has 11 heavy (non-hydrogen) atoms. The molecule has 0 heterocycles. The van der Waals surface area contributed by atoms with Crippen LogP contribution in [-0.4, -0.2) is 13.1 Å². The van der Waals surface area contributed by atoms with Crippen molar-refractivity contribution >= 4 is 21.9 Å². The molecule has 0 amide bonds. The Morgan fingerprint density at radius 3 is 2.55 bits per heavy atom. The van der Waals surface area contributed by atoms with Gasteiger partial charge in [0.1, 0.15) is 12.0 Å². The van der Waals surface area contributed by atoms with E-state index in [1.54, 1.807) is 6.92 Å². The number of hydrogen-bond donors (Lipinski definition) is 0. The van der Waals surface area contributed by atoms with E-state index < -0.39 is 5.97 Å². The zero-order chi connectivity index (χ0) is 8.85. The van der Waals surface area contributed by atoms with Crippen LogP contribution in [-0.2, 0) is 14.3 Å². The maximum Gasteiger partial charge on any atom is 0.349 e. The molecule has 0 unspecified atom stereocenters. The molecular formula is C7H9BrO3. The van der Waals surface area contributed by atoms with Crippen LogP contribution in [0.4, 0.5) is 0 Å². The lowest BCUT2D eigenvalue weighted by molar-refractivity contribution is -0.132. The van der Waals surface area contributed by atoms with E-state index >= 15 is 0 Å². The topological polar surface area (TPSA) is 35.5 Å². The molecule has 0 atom stereocenters. The number of carbonyl (C=O) groups excluding carboxylic acids is 1. The number of ether oxygens (including phenoxy) is 2. The van der Waals surface area contributed by atoms with Crippen LogP contribution >= 0.6 is 15.9 Å². The van der Waals surface area contributed by atoms with Crippen LogP contribution in [0, 0.1) is 0 Å². The Labute approximate surface area is 73.8 Å². The van der Waals surface area contributed by atoms with Gasteiger partial charge in [0.2, 0.25) is 0 Å². The maximum atomic E-state index is 10.7. The van der Waals surface area contributed by atoms with Crippen LogP contribution in [0.2, 0.25) is 0 Å². The second kappa shape index (κ2) is 4.96. The van der Waals surface area contributed by atoms with E-state index in [4.69, 9.17) is 4.74 Å². The molecular weight excluding hydrogens is 212 g/mol. The Morgan fingerprint density at radius 1 is 1.64 bits per heavy atom. The highest BCUT2D eigenvalue weighted by molar-refractivity contribution is 9.12. The minimum atomic E-state index is -0.526. The molecule has 0 bridgehead atoms. The van der Waals surface area contributed by atoms with Gasteiger partial charge in [-0.1, -0.05) is 6.58 Å². The van der Waals surface area contributed by atoms with Gasteiger partial charge in [-0.15, -0.1) is 0 Å². The summed E-state index contributed by atoms with van der Waals surface area (Å²) in [5.41, 5.74) is 0. The summed E-state index contributed by atoms with van der Waals surface area (Å²) in [4.78, 5) is 10.7. The van der Waals surface area contributed by atoms with Crippen LogP contribution in [0.15, 0.2) is 23.1 Å². The summed E-state index contributed by atoms with van der Waals surface area (Å²) in [5, 5.41) is 0. The lowest BCUT2D eigenvalue weighted by Crippen LogP contribution is -1.98. The number of rotatable bonds is 3. The first-order valence-corrected chi connectivity index (χ1v) is 3.63. The van der Waals surface area contributed by atoms with Gasteiger partial charge in [-0.3, -0.25) is 0 Å². The molecule has 0 radical (unpaired) electrons. The van der Waals surface area contributed by atoms with Crippen molar-refractivity contribution in [2.75, 3.05) is 7.11 Å². The van der Waals surface area contributed by atoms with Crippen molar-refractivity contribution in [3.8, 4) is 0 Å². The van der Waals surface area contributed by atoms with E-state index in [2.05, 4.69) is 27.2 Å². The SMILES string of the molecule is C=C(Br)C(=O)OC=C(C)OC. The second-order valence-corrected chi connectivity index (χ2v) is 2.70. The Morgan fingerprint density at radius 2 is 2.18 bits per heavy atom. The third-order valence-electron chi connectivity index (χ3n) is 0.875. The Hall–Kier alpha value is -0.770. The predicted octanol–water partition coefficient (Wildman–Crippen LogP) is 1.95. The molecule has 4 heteroatoms. The second-order valence-electron chi connectivity index (χ2n) is 1.74. The van der Waals surface area contributed by atoms with E-state index in [1.165, 1.54) is 13.4 Å². The fraction of sp³-hybridized carbons (Fsp3) is 0.286. The summed E-state index contributed by atoms with van der Waals surface area (Å²) >= 11 is 2.87. The Balaban J connectivity index is 3.88. The molecule has 3 nitrogen and oxygen atoms in total. The van der Waals surface area contributed by atoms with E-state index in [-0.39, 0.29) is 4.48 Å². The monoisotopic (exact) mass is 220 g/mol. The van der Waals surface area contributed by atoms with Crippen LogP contribution in [0.25, 0.3) is 0 Å². The van der Waals surface area contributed by atoms with E-state index in [9.17, 15) is 4.79 Å². The van der Waals surface area contributed by atoms with Gasteiger partial charge in [0.05, 0.1) is 11.6 Å². The molecule has 0 saturated heterocycles. The number of hydrogen-bond acceptors (Lipinski definition) is 3. The predicted molar refractivity (Wildman–Crippen MR) is 44.9 cm³/mol. The van der Waals surface area contributed by atoms with Crippen molar-refractivity contribution in [1.29, 1.82) is 0 Å². The first-order chi connectivity index (χ1) is 5.07. The molecule has 0 rings (SSSR count). The molecule has 0 aliphatic heterocycles. The van der Waals surface area contributed by atoms with Crippen LogP contribution < -0.4 is 0 Å². The number of methoxy groups -OCH3 is 1. The summed E-state index contributed by atoms with van der Waals surface area (Å²) in [6, 6.07) is 0. The highest BCUT2D eigenvalue weighted by Crippen LogP contribution is 2.04. The average Bonchev–Trinajstić information content (AvgIpc) is 1.99. The fourth-order valence-electron chi connectivity index (χ4n) is 0.249. The summed E-state index contributed by atoms with van der Waals surface area (Å²) < 4.78 is 9.48. The zero-order valence-electron chi connectivity index (χ0n) is 6.39. The Bertz CT molecular complexity index is 196. The summed E-state index contributed by atoms with van der Waals surface area (Å²) in [5.74, 6) is -0.00602. The third-order valence-corrected chi connectivity index (χ3v) is 1.20. The molecule has 0 saturated carbocycles. The minimum Gasteiger partial charge on any atom is -0.498 e. The van der Waals surface area contributed by atoms with Crippen molar-refractivity contribution in [2.24, 2.45) is 0 Å². The van der Waals surface area contributed by atoms with E-state index in [0.717, 1.165) is 0 Å². The number of allylic oxidation sites excluding steroid dienone is 1. The molecule has 0 spiro atoms. The third kappa shape index (κ3) is 4.61. The number of esters is 1. The largest absolute Gasteiger partial charge is 0.498 e. The summed E-state index contributed by atoms with van der Waals surface area (Å²) in [6.45, 7) is 5.00. The molecule has 0 aromatic heterocycles. The number of carbonyl (C=O) groups is 1. The summed E-state index contributed by atoms with van der Waals surface area (Å²) in [7, 11) is 1.49. The van der Waals surface area contributed by atoms with Gasteiger partial charge in [-0.25, -0.2) is 4.79 Å². The maximum absolute atomic E-state index is 10.7. The molecule has 62 valence electrons. The van der Waals surface area contributed by atoms with Crippen molar-refractivity contribution in [1.82, 2.24) is 0 Å². The molecule has 0 aromatic carbocycles. The molecule has 0 aliphatic carbocycles. The molecule has 0 N–H and O–H groups in total. The van der Waals surface area contributed by atoms with Gasteiger partial charge in [-0.05, 0) is 22.9 Å². The van der Waals surface area contributed by atoms with E-state index in [0.29, 0.717) is 5.76 Å². The first-order valence-electron chi connectivity index (χ1n) is 2.84. The van der Waals surface area contributed by atoms with Gasteiger partial charge in [0.25, 0.3) is 0 Å². The normalized spacial score (nSPS) is 10.6. The summed E-state index contributed by atoms with van der Waals surface area (Å²) in [6.07, 6.45) is 1.22. The van der Waals surface area contributed by atoms with Gasteiger partial charge in [0, 0.05) is 0 Å². The Kier molecular flexibility index (Phi) is 4.61. The highest BCUT2D eigenvalue weighted by Gasteiger charge is 2.01. The van der Waals surface area contributed by atoms with Crippen LogP contribution in [0.3, 0.4) is 0 Å². The van der Waals surface area contributed by atoms with Gasteiger partial charge in [-0.2, -0.15) is 0 Å². The standard InChI is InChI=1S/C7H9BrO3/c1-5(10-3)4-11-7(9)6(2)8/h4H,2H2,1,3H3. The van der Waals surface area contributed by atoms with Crippen molar-refractivity contribution in [3.05, 3.63) is 23.1 Å². The molecule has 0 fully saturated rings. The highest BCUT2D eigenvalue weighted by atomic mass is 79.9. The van der Waals surface area contributed by atoms with Crippen molar-refractivity contribution < 1.29 is 14.3 Å². The smallest absolute Gasteiger partial charge is 0.349 e. The minimum absolute atomic E-state index is 0.178. The van der Waals surface area contributed by atoms with Crippen LogP contribution in [0.1, 0.15) is 6.92 Å². The number of halogens is 1. The van der Waals surface area contributed by atoms with Crippen molar-refractivity contribution in [3.63, 3.8) is 0 Å². The fourth-order valence-corrected chi connectivity index (χ4v) is 0.342. The molecule has 0 aromatic rings. The lowest BCUT2D eigenvalue weighted by atomic mass is 10.6. The van der Waals surface area contributed by atoms with Crippen molar-refractivity contribution in [2.45, 2.75) is 6.92 Å². The van der Waals surface area contributed by atoms with Crippen LogP contribution in [0.5, 0.6) is 0 Å². The molecule has 0 aliphatic rings. The first kappa shape index (κ1) is 10.2. The van der Waals surface area contributed by atoms with Gasteiger partial charge in [0.15, 0.2) is 0 Å². The lowest BCUT2D eigenvalue weighted by Gasteiger charge is -1.98. The van der Waals surface area contributed by atoms with Gasteiger partial charge >= 0.3 is 5.97 Å². The average molecular weight is 221 g/mol. The zero-order valence-corrected chi connectivity index (χ0v) is 7.97. The quantitative estimate of drug-likeness (QED) is 0.415. The van der Waals surface area contributed by atoms with E-state index in [1.807, 2.05) is 0 Å². The van der Waals surface area contributed by atoms with Gasteiger partial charge < -0.3 is 9.47 Å².